The lowest BCUT2D eigenvalue weighted by Gasteiger charge is -2.10. The lowest BCUT2D eigenvalue weighted by molar-refractivity contribution is 0.189. The van der Waals surface area contributed by atoms with Gasteiger partial charge in [-0.25, -0.2) is 4.99 Å². The Kier molecular flexibility index (Phi) is 5.16. The van der Waals surface area contributed by atoms with E-state index >= 15 is 0 Å². The van der Waals surface area contributed by atoms with Crippen molar-refractivity contribution in [2.45, 2.75) is 39.0 Å². The third-order valence-electron chi connectivity index (χ3n) is 2.78. The van der Waals surface area contributed by atoms with E-state index in [0.717, 1.165) is 24.5 Å². The van der Waals surface area contributed by atoms with Gasteiger partial charge in [0, 0.05) is 6.08 Å². The van der Waals surface area contributed by atoms with Crippen LogP contribution in [0, 0.1) is 5.92 Å². The van der Waals surface area contributed by atoms with Crippen LogP contribution in [0.2, 0.25) is 0 Å². The zero-order valence-electron chi connectivity index (χ0n) is 9.67. The molecular weight excluding hydrogens is 186 g/mol. The summed E-state index contributed by atoms with van der Waals surface area (Å²) in [5.74, 6) is 1.46. The van der Waals surface area contributed by atoms with Gasteiger partial charge in [-0.1, -0.05) is 37.8 Å². The first-order valence-corrected chi connectivity index (χ1v) is 5.69. The average molecular weight is 207 g/mol. The first-order chi connectivity index (χ1) is 7.22. The van der Waals surface area contributed by atoms with Crippen molar-refractivity contribution in [1.82, 2.24) is 0 Å². The summed E-state index contributed by atoms with van der Waals surface area (Å²) in [6, 6.07) is 0. The lowest BCUT2D eigenvalue weighted by Crippen LogP contribution is -2.01. The third kappa shape index (κ3) is 4.82. The van der Waals surface area contributed by atoms with Crippen LogP contribution in [-0.4, -0.2) is 13.3 Å². The van der Waals surface area contributed by atoms with Crippen LogP contribution in [0.25, 0.3) is 0 Å². The second-order valence-corrected chi connectivity index (χ2v) is 4.27. The maximum absolute atomic E-state index is 5.54. The molecule has 84 valence electrons. The third-order valence-corrected chi connectivity index (χ3v) is 2.78. The highest BCUT2D eigenvalue weighted by Crippen LogP contribution is 2.27. The summed E-state index contributed by atoms with van der Waals surface area (Å²) in [7, 11) is 0. The molecule has 0 aliphatic heterocycles. The van der Waals surface area contributed by atoms with E-state index in [2.05, 4.69) is 18.3 Å². The molecule has 1 fully saturated rings. The van der Waals surface area contributed by atoms with Gasteiger partial charge < -0.3 is 4.74 Å². The summed E-state index contributed by atoms with van der Waals surface area (Å²) in [5.41, 5.74) is 0.943. The fourth-order valence-corrected chi connectivity index (χ4v) is 1.97. The molecule has 0 unspecified atom stereocenters. The van der Waals surface area contributed by atoms with Crippen molar-refractivity contribution in [2.24, 2.45) is 10.9 Å². The molecule has 0 atom stereocenters. The Morgan fingerprint density at radius 1 is 1.47 bits per heavy atom. The van der Waals surface area contributed by atoms with E-state index in [1.165, 1.54) is 25.7 Å². The van der Waals surface area contributed by atoms with E-state index in [1.54, 1.807) is 0 Å². The molecule has 0 radical (unpaired) electrons. The molecule has 0 amide bonds. The first-order valence-electron chi connectivity index (χ1n) is 5.69. The molecule has 0 bridgehead atoms. The molecular formula is C13H21NO. The minimum absolute atomic E-state index is 0.598. The van der Waals surface area contributed by atoms with Crippen LogP contribution in [0.3, 0.4) is 0 Å². The number of allylic oxidation sites excluding steroid dienone is 2. The largest absolute Gasteiger partial charge is 0.478 e. The highest BCUT2D eigenvalue weighted by Gasteiger charge is 2.14. The highest BCUT2D eigenvalue weighted by molar-refractivity contribution is 5.29. The van der Waals surface area contributed by atoms with Gasteiger partial charge >= 0.3 is 0 Å². The van der Waals surface area contributed by atoms with E-state index in [9.17, 15) is 0 Å². The molecule has 0 heterocycles. The SMILES string of the molecule is C=N/C(=C\C(=C)C)OCCC1CCCC1. The normalized spacial score (nSPS) is 17.8. The molecule has 0 N–H and O–H groups in total. The molecule has 1 rings (SSSR count). The van der Waals surface area contributed by atoms with Crippen LogP contribution in [0.15, 0.2) is 29.1 Å². The number of nitrogens with zero attached hydrogens (tertiary/aromatic N) is 1. The predicted molar refractivity (Wildman–Crippen MR) is 65.0 cm³/mol. The van der Waals surface area contributed by atoms with Crippen molar-refractivity contribution >= 4 is 6.72 Å². The molecule has 2 nitrogen and oxygen atoms in total. The second-order valence-electron chi connectivity index (χ2n) is 4.27. The quantitative estimate of drug-likeness (QED) is 0.370. The number of ether oxygens (including phenoxy) is 1. The van der Waals surface area contributed by atoms with Crippen LogP contribution in [0.1, 0.15) is 39.0 Å². The van der Waals surface area contributed by atoms with Gasteiger partial charge in [0.1, 0.15) is 0 Å². The molecule has 0 aromatic carbocycles. The zero-order chi connectivity index (χ0) is 11.1. The van der Waals surface area contributed by atoms with Gasteiger partial charge in [0.2, 0.25) is 5.88 Å². The minimum Gasteiger partial charge on any atom is -0.478 e. The Hall–Kier alpha value is -1.05. The Morgan fingerprint density at radius 3 is 2.67 bits per heavy atom. The monoisotopic (exact) mass is 207 g/mol. The molecule has 0 spiro atoms. The van der Waals surface area contributed by atoms with E-state index in [0.29, 0.717) is 5.88 Å². The molecule has 15 heavy (non-hydrogen) atoms. The molecule has 1 aliphatic rings. The Balaban J connectivity index is 2.22. The molecule has 0 aromatic rings. The number of aliphatic imine (C=N–C) groups is 1. The summed E-state index contributed by atoms with van der Waals surface area (Å²) < 4.78 is 5.54. The maximum atomic E-state index is 5.54. The number of rotatable bonds is 6. The van der Waals surface area contributed by atoms with Gasteiger partial charge in [-0.05, 0) is 26.0 Å². The molecule has 0 saturated heterocycles. The van der Waals surface area contributed by atoms with Crippen molar-refractivity contribution in [3.63, 3.8) is 0 Å². The first kappa shape index (κ1) is 12.0. The van der Waals surface area contributed by atoms with Crippen molar-refractivity contribution in [2.75, 3.05) is 6.61 Å². The van der Waals surface area contributed by atoms with Gasteiger partial charge in [0.15, 0.2) is 0 Å². The Morgan fingerprint density at radius 2 is 2.13 bits per heavy atom. The van der Waals surface area contributed by atoms with Crippen molar-refractivity contribution in [1.29, 1.82) is 0 Å². The number of hydrogen-bond donors (Lipinski definition) is 0. The summed E-state index contributed by atoms with van der Waals surface area (Å²) in [6.45, 7) is 9.94. The van der Waals surface area contributed by atoms with E-state index < -0.39 is 0 Å². The van der Waals surface area contributed by atoms with Gasteiger partial charge in [-0.2, -0.15) is 0 Å². The van der Waals surface area contributed by atoms with Crippen molar-refractivity contribution < 1.29 is 4.74 Å². The van der Waals surface area contributed by atoms with Gasteiger partial charge in [0.25, 0.3) is 0 Å². The maximum Gasteiger partial charge on any atom is 0.212 e. The van der Waals surface area contributed by atoms with Crippen LogP contribution in [0.4, 0.5) is 0 Å². The molecule has 1 aliphatic carbocycles. The lowest BCUT2D eigenvalue weighted by atomic mass is 10.1. The Bertz CT molecular complexity index is 249. The van der Waals surface area contributed by atoms with Crippen molar-refractivity contribution in [3.8, 4) is 0 Å². The van der Waals surface area contributed by atoms with Gasteiger partial charge in [-0.15, -0.1) is 0 Å². The van der Waals surface area contributed by atoms with Crippen LogP contribution >= 0.6 is 0 Å². The van der Waals surface area contributed by atoms with Crippen LogP contribution < -0.4 is 0 Å². The van der Waals surface area contributed by atoms with Gasteiger partial charge in [0.05, 0.1) is 6.61 Å². The predicted octanol–water partition coefficient (Wildman–Crippen LogP) is 3.70. The molecule has 0 aromatic heterocycles. The fraction of sp³-hybridized carbons (Fsp3) is 0.615. The second kappa shape index (κ2) is 6.44. The summed E-state index contributed by atoms with van der Waals surface area (Å²) in [6.07, 6.45) is 8.47. The molecule has 1 saturated carbocycles. The van der Waals surface area contributed by atoms with Crippen molar-refractivity contribution in [3.05, 3.63) is 24.1 Å². The minimum atomic E-state index is 0.598. The van der Waals surface area contributed by atoms with E-state index in [1.807, 2.05) is 13.0 Å². The number of hydrogen-bond acceptors (Lipinski definition) is 2. The zero-order valence-corrected chi connectivity index (χ0v) is 9.67. The summed E-state index contributed by atoms with van der Waals surface area (Å²) >= 11 is 0. The Labute approximate surface area is 92.7 Å². The highest BCUT2D eigenvalue weighted by atomic mass is 16.5. The average Bonchev–Trinajstić information content (AvgIpc) is 2.68. The van der Waals surface area contributed by atoms with Gasteiger partial charge in [-0.3, -0.25) is 0 Å². The standard InChI is InChI=1S/C13H21NO/c1-11(2)10-13(14-3)15-9-8-12-6-4-5-7-12/h10,12H,1,3-9H2,2H3/b13-10+. The smallest absolute Gasteiger partial charge is 0.212 e. The van der Waals surface area contributed by atoms with E-state index in [4.69, 9.17) is 4.74 Å². The van der Waals surface area contributed by atoms with Crippen LogP contribution in [-0.2, 0) is 4.74 Å². The topological polar surface area (TPSA) is 21.6 Å². The fourth-order valence-electron chi connectivity index (χ4n) is 1.97. The van der Waals surface area contributed by atoms with E-state index in [-0.39, 0.29) is 0 Å². The summed E-state index contributed by atoms with van der Waals surface area (Å²) in [5, 5.41) is 0. The van der Waals surface area contributed by atoms with Crippen LogP contribution in [0.5, 0.6) is 0 Å². The molecule has 2 heteroatoms. The summed E-state index contributed by atoms with van der Waals surface area (Å²) in [4.78, 5) is 3.82.